The van der Waals surface area contributed by atoms with Crippen LogP contribution < -0.4 is 5.32 Å². The van der Waals surface area contributed by atoms with Crippen molar-refractivity contribution in [3.8, 4) is 16.9 Å². The highest BCUT2D eigenvalue weighted by molar-refractivity contribution is 5.81. The minimum Gasteiger partial charge on any atom is -0.293 e. The van der Waals surface area contributed by atoms with Crippen molar-refractivity contribution >= 4 is 22.8 Å². The van der Waals surface area contributed by atoms with Crippen LogP contribution in [0.3, 0.4) is 0 Å². The van der Waals surface area contributed by atoms with E-state index in [-0.39, 0.29) is 0 Å². The smallest absolute Gasteiger partial charge is 0.230 e. The number of hydrogen-bond acceptors (Lipinski definition) is 6. The third-order valence-corrected chi connectivity index (χ3v) is 5.15. The number of hydrogen-bond donors (Lipinski definition) is 1. The lowest BCUT2D eigenvalue weighted by molar-refractivity contribution is 0.862. The first-order valence-corrected chi connectivity index (χ1v) is 10.0. The van der Waals surface area contributed by atoms with Crippen molar-refractivity contribution in [2.75, 3.05) is 5.32 Å². The zero-order chi connectivity index (χ0) is 21.4. The molecule has 7 heteroatoms. The molecule has 0 unspecified atom stereocenters. The van der Waals surface area contributed by atoms with E-state index >= 15 is 0 Å². The minimum absolute atomic E-state index is 0.440. The maximum absolute atomic E-state index is 4.67. The van der Waals surface area contributed by atoms with Crippen LogP contribution in [-0.2, 0) is 0 Å². The van der Waals surface area contributed by atoms with Crippen LogP contribution >= 0.6 is 0 Å². The monoisotopic (exact) mass is 407 g/mol. The Hall–Kier alpha value is -4.13. The van der Waals surface area contributed by atoms with Gasteiger partial charge in [-0.3, -0.25) is 5.32 Å². The van der Waals surface area contributed by atoms with E-state index < -0.39 is 0 Å². The molecule has 0 bridgehead atoms. The highest BCUT2D eigenvalue weighted by atomic mass is 15.3. The summed E-state index contributed by atoms with van der Waals surface area (Å²) in [6.45, 7) is 6.01. The predicted molar refractivity (Wildman–Crippen MR) is 122 cm³/mol. The zero-order valence-corrected chi connectivity index (χ0v) is 17.5. The first-order chi connectivity index (χ1) is 15.1. The highest BCUT2D eigenvalue weighted by Crippen LogP contribution is 2.24. The number of nitrogens with zero attached hydrogens (tertiary/aromatic N) is 6. The van der Waals surface area contributed by atoms with Crippen molar-refractivity contribution < 1.29 is 0 Å². The lowest BCUT2D eigenvalue weighted by atomic mass is 10.2. The molecule has 0 aliphatic rings. The molecule has 0 fully saturated rings. The number of fused-ring (bicyclic) bond motifs is 1. The SMILES string of the molecule is Cc1ccc(-n2cc(-c3ccnc(Nc4nc(C)c5ccccc5n4)n3)c(C)n2)cc1. The summed E-state index contributed by atoms with van der Waals surface area (Å²) in [7, 11) is 0. The summed E-state index contributed by atoms with van der Waals surface area (Å²) in [5.41, 5.74) is 6.62. The molecule has 0 atom stereocenters. The minimum atomic E-state index is 0.440. The summed E-state index contributed by atoms with van der Waals surface area (Å²) in [5.74, 6) is 0.912. The third-order valence-electron chi connectivity index (χ3n) is 5.15. The topological polar surface area (TPSA) is 81.4 Å². The average molecular weight is 407 g/mol. The van der Waals surface area contributed by atoms with Gasteiger partial charge >= 0.3 is 0 Å². The number of para-hydroxylation sites is 1. The summed E-state index contributed by atoms with van der Waals surface area (Å²) in [6.07, 6.45) is 3.71. The van der Waals surface area contributed by atoms with Gasteiger partial charge in [0.25, 0.3) is 0 Å². The second-order valence-electron chi connectivity index (χ2n) is 7.45. The zero-order valence-electron chi connectivity index (χ0n) is 17.5. The number of aromatic nitrogens is 6. The van der Waals surface area contributed by atoms with E-state index in [2.05, 4.69) is 61.5 Å². The Bertz CT molecular complexity index is 1390. The van der Waals surface area contributed by atoms with Crippen molar-refractivity contribution in [1.29, 1.82) is 0 Å². The van der Waals surface area contributed by atoms with Gasteiger partial charge in [0.2, 0.25) is 11.9 Å². The highest BCUT2D eigenvalue weighted by Gasteiger charge is 2.12. The largest absolute Gasteiger partial charge is 0.293 e. The Kier molecular flexibility index (Phi) is 4.63. The molecule has 31 heavy (non-hydrogen) atoms. The number of benzene rings is 2. The first kappa shape index (κ1) is 18.9. The molecule has 2 aromatic carbocycles. The molecule has 1 N–H and O–H groups in total. The van der Waals surface area contributed by atoms with Crippen molar-refractivity contribution in [3.05, 3.63) is 83.9 Å². The fourth-order valence-corrected chi connectivity index (χ4v) is 3.50. The van der Waals surface area contributed by atoms with E-state index in [0.29, 0.717) is 11.9 Å². The molecule has 0 amide bonds. The van der Waals surface area contributed by atoms with Gasteiger partial charge < -0.3 is 0 Å². The van der Waals surface area contributed by atoms with E-state index in [0.717, 1.165) is 39.2 Å². The molecule has 152 valence electrons. The lowest BCUT2D eigenvalue weighted by Crippen LogP contribution is -2.03. The molecule has 5 rings (SSSR count). The molecule has 0 aliphatic heterocycles. The van der Waals surface area contributed by atoms with Crippen molar-refractivity contribution in [3.63, 3.8) is 0 Å². The van der Waals surface area contributed by atoms with Crippen molar-refractivity contribution in [2.24, 2.45) is 0 Å². The van der Waals surface area contributed by atoms with Crippen LogP contribution in [0.5, 0.6) is 0 Å². The molecule has 3 heterocycles. The van der Waals surface area contributed by atoms with E-state index in [4.69, 9.17) is 0 Å². The van der Waals surface area contributed by atoms with Crippen molar-refractivity contribution in [2.45, 2.75) is 20.8 Å². The summed E-state index contributed by atoms with van der Waals surface area (Å²) in [4.78, 5) is 18.2. The van der Waals surface area contributed by atoms with Crippen LogP contribution in [-0.4, -0.2) is 29.7 Å². The molecule has 0 saturated heterocycles. The molecule has 5 aromatic rings. The summed E-state index contributed by atoms with van der Waals surface area (Å²) < 4.78 is 1.87. The number of rotatable bonds is 4. The second-order valence-corrected chi connectivity index (χ2v) is 7.45. The predicted octanol–water partition coefficient (Wildman–Crippen LogP) is 4.94. The Morgan fingerprint density at radius 2 is 1.58 bits per heavy atom. The molecular weight excluding hydrogens is 386 g/mol. The first-order valence-electron chi connectivity index (χ1n) is 10.0. The Balaban J connectivity index is 1.46. The van der Waals surface area contributed by atoms with Gasteiger partial charge in [-0.05, 0) is 45.0 Å². The van der Waals surface area contributed by atoms with Gasteiger partial charge in [-0.15, -0.1) is 0 Å². The van der Waals surface area contributed by atoms with Crippen LogP contribution in [0.2, 0.25) is 0 Å². The van der Waals surface area contributed by atoms with Gasteiger partial charge in [0.05, 0.1) is 28.3 Å². The molecule has 0 radical (unpaired) electrons. The summed E-state index contributed by atoms with van der Waals surface area (Å²) in [6, 6.07) is 18.1. The molecule has 3 aromatic heterocycles. The molecular formula is C24H21N7. The molecule has 7 nitrogen and oxygen atoms in total. The van der Waals surface area contributed by atoms with Gasteiger partial charge in [0.1, 0.15) is 0 Å². The second kappa shape index (κ2) is 7.60. The van der Waals surface area contributed by atoms with Crippen LogP contribution in [0.1, 0.15) is 17.0 Å². The molecule has 0 aliphatic carbocycles. The van der Waals surface area contributed by atoms with Crippen molar-refractivity contribution in [1.82, 2.24) is 29.7 Å². The normalized spacial score (nSPS) is 11.1. The van der Waals surface area contributed by atoms with E-state index in [1.165, 1.54) is 5.56 Å². The van der Waals surface area contributed by atoms with E-state index in [9.17, 15) is 0 Å². The van der Waals surface area contributed by atoms with E-state index in [1.807, 2.05) is 55.1 Å². The Labute approximate surface area is 179 Å². The summed E-state index contributed by atoms with van der Waals surface area (Å²) in [5, 5.41) is 8.83. The molecule has 0 saturated carbocycles. The van der Waals surface area contributed by atoms with Crippen LogP contribution in [0.25, 0.3) is 27.8 Å². The van der Waals surface area contributed by atoms with E-state index in [1.54, 1.807) is 6.20 Å². The lowest BCUT2D eigenvalue weighted by Gasteiger charge is -2.07. The fraction of sp³-hybridized carbons (Fsp3) is 0.125. The Morgan fingerprint density at radius 3 is 2.42 bits per heavy atom. The quantitative estimate of drug-likeness (QED) is 0.454. The van der Waals surface area contributed by atoms with Crippen LogP contribution in [0.15, 0.2) is 67.0 Å². The standard InChI is InChI=1S/C24H21N7/c1-15-8-10-18(11-9-15)31-14-20(17(3)30-31)22-12-13-25-23(27-22)29-24-26-16(2)19-6-4-5-7-21(19)28-24/h4-14H,1-3H3,(H,25,26,27,28,29). The van der Waals surface area contributed by atoms with Gasteiger partial charge in [0, 0.05) is 23.3 Å². The third kappa shape index (κ3) is 3.73. The van der Waals surface area contributed by atoms with Crippen LogP contribution in [0.4, 0.5) is 11.9 Å². The molecule has 0 spiro atoms. The maximum atomic E-state index is 4.67. The average Bonchev–Trinajstić information content (AvgIpc) is 3.16. The van der Waals surface area contributed by atoms with Gasteiger partial charge in [0.15, 0.2) is 0 Å². The van der Waals surface area contributed by atoms with Gasteiger partial charge in [-0.2, -0.15) is 5.10 Å². The van der Waals surface area contributed by atoms with Gasteiger partial charge in [-0.25, -0.2) is 24.6 Å². The fourth-order valence-electron chi connectivity index (χ4n) is 3.50. The van der Waals surface area contributed by atoms with Gasteiger partial charge in [-0.1, -0.05) is 35.9 Å². The Morgan fingerprint density at radius 1 is 0.774 bits per heavy atom. The number of aryl methyl sites for hydroxylation is 3. The van der Waals surface area contributed by atoms with Crippen LogP contribution in [0, 0.1) is 20.8 Å². The maximum Gasteiger partial charge on any atom is 0.230 e. The summed E-state index contributed by atoms with van der Waals surface area (Å²) >= 11 is 0. The number of anilines is 2. The number of nitrogens with one attached hydrogen (secondary N) is 1.